The van der Waals surface area contributed by atoms with Crippen molar-refractivity contribution in [3.63, 3.8) is 0 Å². The topological polar surface area (TPSA) is 41.4 Å². The molecular formula is C15H15FN4S2. The van der Waals surface area contributed by atoms with E-state index >= 15 is 0 Å². The highest BCUT2D eigenvalue weighted by Crippen LogP contribution is 2.47. The number of aromatic nitrogens is 2. The standard InChI is InChI=1S/C15H15FN4S2/c1-10-19-15(13-3-2-4-21-13)9-20(7-11(15)8-22-10)14-17-5-12(16)6-18-14/h2-6,11H,7-9H2,1H3. The number of hydrogen-bond donors (Lipinski definition) is 0. The normalized spacial score (nSPS) is 27.6. The van der Waals surface area contributed by atoms with E-state index in [0.29, 0.717) is 11.9 Å². The fraction of sp³-hybridized carbons (Fsp3) is 0.400. The second-order valence-corrected chi connectivity index (χ2v) is 7.78. The molecule has 4 nitrogen and oxygen atoms in total. The summed E-state index contributed by atoms with van der Waals surface area (Å²) in [6, 6.07) is 4.24. The van der Waals surface area contributed by atoms with Crippen LogP contribution in [0.3, 0.4) is 0 Å². The lowest BCUT2D eigenvalue weighted by molar-refractivity contribution is 0.395. The van der Waals surface area contributed by atoms with Crippen molar-refractivity contribution in [3.05, 3.63) is 40.6 Å². The van der Waals surface area contributed by atoms with Crippen molar-refractivity contribution in [3.8, 4) is 0 Å². The Morgan fingerprint density at radius 2 is 2.18 bits per heavy atom. The summed E-state index contributed by atoms with van der Waals surface area (Å²) in [6.45, 7) is 3.68. The molecule has 2 aromatic rings. The van der Waals surface area contributed by atoms with Crippen LogP contribution >= 0.6 is 23.1 Å². The minimum Gasteiger partial charge on any atom is -0.338 e. The maximum atomic E-state index is 13.1. The van der Waals surface area contributed by atoms with Gasteiger partial charge in [-0.15, -0.1) is 23.1 Å². The number of hydrogen-bond acceptors (Lipinski definition) is 6. The number of aliphatic imine (C=N–C) groups is 1. The first-order valence-corrected chi connectivity index (χ1v) is 9.00. The average molecular weight is 334 g/mol. The Hall–Kier alpha value is -1.47. The average Bonchev–Trinajstić information content (AvgIpc) is 3.15. The smallest absolute Gasteiger partial charge is 0.225 e. The Bertz CT molecular complexity index is 701. The van der Waals surface area contributed by atoms with Crippen LogP contribution in [0.5, 0.6) is 0 Å². The molecule has 2 aromatic heterocycles. The SMILES string of the molecule is CC1=NC2(c3cccs3)CN(c3ncc(F)cn3)CC2CS1. The zero-order chi connectivity index (χ0) is 15.2. The van der Waals surface area contributed by atoms with Crippen LogP contribution in [0.4, 0.5) is 10.3 Å². The van der Waals surface area contributed by atoms with E-state index in [4.69, 9.17) is 4.99 Å². The Morgan fingerprint density at radius 1 is 1.36 bits per heavy atom. The van der Waals surface area contributed by atoms with Gasteiger partial charge in [-0.25, -0.2) is 14.4 Å². The van der Waals surface area contributed by atoms with E-state index in [2.05, 4.69) is 39.3 Å². The Kier molecular flexibility index (Phi) is 3.41. The highest BCUT2D eigenvalue weighted by Gasteiger charge is 2.51. The van der Waals surface area contributed by atoms with Gasteiger partial charge in [0.25, 0.3) is 0 Å². The monoisotopic (exact) mass is 334 g/mol. The molecule has 0 amide bonds. The molecule has 2 atom stereocenters. The Labute approximate surface area is 136 Å². The third-order valence-corrected chi connectivity index (χ3v) is 6.35. The van der Waals surface area contributed by atoms with Gasteiger partial charge in [0, 0.05) is 23.1 Å². The van der Waals surface area contributed by atoms with Crippen molar-refractivity contribution >= 4 is 34.1 Å². The van der Waals surface area contributed by atoms with Crippen molar-refractivity contribution in [1.29, 1.82) is 0 Å². The van der Waals surface area contributed by atoms with Crippen LogP contribution in [0.2, 0.25) is 0 Å². The molecule has 1 fully saturated rings. The molecule has 114 valence electrons. The van der Waals surface area contributed by atoms with Crippen LogP contribution in [0.25, 0.3) is 0 Å². The fourth-order valence-corrected chi connectivity index (χ4v) is 5.23. The van der Waals surface area contributed by atoms with E-state index in [1.165, 1.54) is 17.3 Å². The lowest BCUT2D eigenvalue weighted by Gasteiger charge is -2.33. The van der Waals surface area contributed by atoms with Gasteiger partial charge < -0.3 is 4.90 Å². The highest BCUT2D eigenvalue weighted by molar-refractivity contribution is 8.13. The maximum Gasteiger partial charge on any atom is 0.225 e. The van der Waals surface area contributed by atoms with Gasteiger partial charge in [-0.1, -0.05) is 6.07 Å². The van der Waals surface area contributed by atoms with E-state index in [0.717, 1.165) is 23.9 Å². The summed E-state index contributed by atoms with van der Waals surface area (Å²) in [6.07, 6.45) is 2.46. The molecule has 0 saturated carbocycles. The van der Waals surface area contributed by atoms with Gasteiger partial charge in [-0.2, -0.15) is 0 Å². The molecule has 0 aromatic carbocycles. The fourth-order valence-electron chi connectivity index (χ4n) is 3.23. The maximum absolute atomic E-state index is 13.1. The zero-order valence-electron chi connectivity index (χ0n) is 12.1. The molecule has 4 rings (SSSR count). The van der Waals surface area contributed by atoms with Gasteiger partial charge in [0.05, 0.1) is 24.0 Å². The molecule has 0 aliphatic carbocycles. The minimum atomic E-state index is -0.405. The van der Waals surface area contributed by atoms with E-state index < -0.39 is 5.82 Å². The molecule has 2 unspecified atom stereocenters. The van der Waals surface area contributed by atoms with Gasteiger partial charge in [-0.3, -0.25) is 4.99 Å². The molecule has 0 bridgehead atoms. The zero-order valence-corrected chi connectivity index (χ0v) is 13.7. The van der Waals surface area contributed by atoms with E-state index in [-0.39, 0.29) is 5.54 Å². The quantitative estimate of drug-likeness (QED) is 0.846. The van der Waals surface area contributed by atoms with Crippen LogP contribution in [-0.4, -0.2) is 33.9 Å². The number of anilines is 1. The summed E-state index contributed by atoms with van der Waals surface area (Å²) >= 11 is 3.57. The van der Waals surface area contributed by atoms with Crippen LogP contribution in [0.15, 0.2) is 34.9 Å². The number of rotatable bonds is 2. The molecule has 0 N–H and O–H groups in total. The Balaban J connectivity index is 1.73. The van der Waals surface area contributed by atoms with Crippen LogP contribution in [-0.2, 0) is 5.54 Å². The molecular weight excluding hydrogens is 319 g/mol. The van der Waals surface area contributed by atoms with Crippen molar-refractivity contribution in [1.82, 2.24) is 9.97 Å². The number of thioether (sulfide) groups is 1. The molecule has 0 spiro atoms. The molecule has 2 aliphatic heterocycles. The number of halogens is 1. The van der Waals surface area contributed by atoms with E-state index in [9.17, 15) is 4.39 Å². The number of fused-ring (bicyclic) bond motifs is 1. The minimum absolute atomic E-state index is 0.207. The van der Waals surface area contributed by atoms with Crippen molar-refractivity contribution in [2.45, 2.75) is 12.5 Å². The summed E-state index contributed by atoms with van der Waals surface area (Å²) in [5.41, 5.74) is -0.207. The largest absolute Gasteiger partial charge is 0.338 e. The van der Waals surface area contributed by atoms with Crippen LogP contribution in [0, 0.1) is 11.7 Å². The predicted octanol–water partition coefficient (Wildman–Crippen LogP) is 3.17. The van der Waals surface area contributed by atoms with E-state index in [1.54, 1.807) is 11.3 Å². The highest BCUT2D eigenvalue weighted by atomic mass is 32.2. The summed E-state index contributed by atoms with van der Waals surface area (Å²) in [5, 5.41) is 3.23. The first-order chi connectivity index (χ1) is 10.7. The van der Waals surface area contributed by atoms with Gasteiger partial charge in [-0.05, 0) is 18.4 Å². The van der Waals surface area contributed by atoms with Crippen molar-refractivity contribution in [2.75, 3.05) is 23.7 Å². The lowest BCUT2D eigenvalue weighted by Crippen LogP contribution is -2.37. The van der Waals surface area contributed by atoms with Gasteiger partial charge in [0.2, 0.25) is 5.95 Å². The molecule has 2 aliphatic rings. The first-order valence-electron chi connectivity index (χ1n) is 7.13. The molecule has 1 saturated heterocycles. The van der Waals surface area contributed by atoms with Crippen LogP contribution in [0.1, 0.15) is 11.8 Å². The molecule has 4 heterocycles. The van der Waals surface area contributed by atoms with Gasteiger partial charge in [0.1, 0.15) is 5.54 Å². The summed E-state index contributed by atoms with van der Waals surface area (Å²) in [5.74, 6) is 1.65. The van der Waals surface area contributed by atoms with Gasteiger partial charge >= 0.3 is 0 Å². The third-order valence-electron chi connectivity index (χ3n) is 4.24. The third kappa shape index (κ3) is 2.23. The van der Waals surface area contributed by atoms with E-state index in [1.807, 2.05) is 11.8 Å². The van der Waals surface area contributed by atoms with Crippen molar-refractivity contribution in [2.24, 2.45) is 10.9 Å². The van der Waals surface area contributed by atoms with Gasteiger partial charge in [0.15, 0.2) is 5.82 Å². The number of nitrogens with zero attached hydrogens (tertiary/aromatic N) is 4. The molecule has 22 heavy (non-hydrogen) atoms. The summed E-state index contributed by atoms with van der Waals surface area (Å²) < 4.78 is 13.1. The predicted molar refractivity (Wildman–Crippen MR) is 89.3 cm³/mol. The molecule has 7 heteroatoms. The first kappa shape index (κ1) is 14.1. The Morgan fingerprint density at radius 3 is 2.91 bits per heavy atom. The van der Waals surface area contributed by atoms with Crippen molar-refractivity contribution < 1.29 is 4.39 Å². The summed E-state index contributed by atoms with van der Waals surface area (Å²) in [7, 11) is 0. The second-order valence-electron chi connectivity index (χ2n) is 5.62. The number of thiophene rings is 1. The van der Waals surface area contributed by atoms with Crippen LogP contribution < -0.4 is 4.90 Å². The molecule has 0 radical (unpaired) electrons. The lowest BCUT2D eigenvalue weighted by atomic mass is 9.87. The summed E-state index contributed by atoms with van der Waals surface area (Å²) in [4.78, 5) is 16.7. The second kappa shape index (κ2) is 5.31.